The molecule has 0 N–H and O–H groups in total. The van der Waals surface area contributed by atoms with E-state index in [4.69, 9.17) is 4.52 Å². The van der Waals surface area contributed by atoms with Gasteiger partial charge >= 0.3 is 0 Å². The lowest BCUT2D eigenvalue weighted by molar-refractivity contribution is 0.165. The van der Waals surface area contributed by atoms with E-state index < -0.39 is 0 Å². The van der Waals surface area contributed by atoms with E-state index in [9.17, 15) is 0 Å². The average Bonchev–Trinajstić information content (AvgIpc) is 3.15. The van der Waals surface area contributed by atoms with Crippen LogP contribution in [0.1, 0.15) is 56.7 Å². The van der Waals surface area contributed by atoms with Gasteiger partial charge in [-0.2, -0.15) is 4.98 Å². The van der Waals surface area contributed by atoms with Crippen LogP contribution in [-0.2, 0) is 13.0 Å². The van der Waals surface area contributed by atoms with E-state index >= 15 is 0 Å². The highest BCUT2D eigenvalue weighted by molar-refractivity contribution is 4.98. The van der Waals surface area contributed by atoms with E-state index in [0.717, 1.165) is 25.3 Å². The third-order valence-electron chi connectivity index (χ3n) is 4.57. The molecule has 120 valence electrons. The standard InChI is InChI=1S/C16H25N5O/c1-11(2)15-18-16(22-19-15)12(3)20(4)9-13-5-6-14-17-7-8-21(14)10-13/h7-8,11-13H,5-6,9-10H2,1-4H3/t12-,13-/m1/s1. The average molecular weight is 303 g/mol. The number of rotatable bonds is 5. The van der Waals surface area contributed by atoms with Crippen LogP contribution in [0, 0.1) is 5.92 Å². The van der Waals surface area contributed by atoms with Gasteiger partial charge in [0.1, 0.15) is 5.82 Å². The zero-order chi connectivity index (χ0) is 15.7. The van der Waals surface area contributed by atoms with Crippen LogP contribution in [-0.4, -0.2) is 38.2 Å². The molecule has 6 heteroatoms. The monoisotopic (exact) mass is 303 g/mol. The van der Waals surface area contributed by atoms with Crippen LogP contribution in [0.5, 0.6) is 0 Å². The molecule has 0 saturated heterocycles. The predicted molar refractivity (Wildman–Crippen MR) is 83.5 cm³/mol. The number of hydrogen-bond acceptors (Lipinski definition) is 5. The number of aryl methyl sites for hydroxylation is 1. The van der Waals surface area contributed by atoms with Crippen molar-refractivity contribution >= 4 is 0 Å². The quantitative estimate of drug-likeness (QED) is 0.850. The van der Waals surface area contributed by atoms with Gasteiger partial charge in [-0.3, -0.25) is 4.90 Å². The minimum atomic E-state index is 0.143. The molecule has 0 radical (unpaired) electrons. The van der Waals surface area contributed by atoms with Crippen molar-refractivity contribution in [2.45, 2.75) is 52.1 Å². The lowest BCUT2D eigenvalue weighted by atomic mass is 9.98. The maximum Gasteiger partial charge on any atom is 0.243 e. The molecule has 0 unspecified atom stereocenters. The summed E-state index contributed by atoms with van der Waals surface area (Å²) >= 11 is 0. The van der Waals surface area contributed by atoms with Crippen molar-refractivity contribution in [2.75, 3.05) is 13.6 Å². The van der Waals surface area contributed by atoms with E-state index in [2.05, 4.69) is 58.6 Å². The molecule has 0 amide bonds. The minimum Gasteiger partial charge on any atom is -0.338 e. The smallest absolute Gasteiger partial charge is 0.243 e. The summed E-state index contributed by atoms with van der Waals surface area (Å²) < 4.78 is 7.70. The van der Waals surface area contributed by atoms with Crippen LogP contribution in [0.3, 0.4) is 0 Å². The Balaban J connectivity index is 1.60. The Bertz CT molecular complexity index is 618. The number of imidazole rings is 1. The van der Waals surface area contributed by atoms with Crippen molar-refractivity contribution in [3.05, 3.63) is 29.9 Å². The Morgan fingerprint density at radius 2 is 2.23 bits per heavy atom. The highest BCUT2D eigenvalue weighted by Gasteiger charge is 2.25. The van der Waals surface area contributed by atoms with Crippen molar-refractivity contribution in [3.8, 4) is 0 Å². The van der Waals surface area contributed by atoms with Crippen LogP contribution in [0.15, 0.2) is 16.9 Å². The Morgan fingerprint density at radius 1 is 1.41 bits per heavy atom. The first-order valence-corrected chi connectivity index (χ1v) is 8.08. The van der Waals surface area contributed by atoms with E-state index in [1.165, 1.54) is 12.2 Å². The van der Waals surface area contributed by atoms with Crippen LogP contribution >= 0.6 is 0 Å². The third kappa shape index (κ3) is 3.06. The van der Waals surface area contributed by atoms with Crippen molar-refractivity contribution in [2.24, 2.45) is 5.92 Å². The molecule has 2 aromatic heterocycles. The van der Waals surface area contributed by atoms with Gasteiger partial charge in [-0.15, -0.1) is 0 Å². The van der Waals surface area contributed by atoms with E-state index in [1.807, 2.05) is 6.20 Å². The molecule has 0 fully saturated rings. The van der Waals surface area contributed by atoms with Gasteiger partial charge in [0.15, 0.2) is 5.82 Å². The summed E-state index contributed by atoms with van der Waals surface area (Å²) in [5, 5.41) is 4.06. The fourth-order valence-electron chi connectivity index (χ4n) is 2.99. The topological polar surface area (TPSA) is 60.0 Å². The molecule has 0 bridgehead atoms. The number of aromatic nitrogens is 4. The molecule has 0 spiro atoms. The molecule has 3 heterocycles. The summed E-state index contributed by atoms with van der Waals surface area (Å²) in [7, 11) is 2.13. The van der Waals surface area contributed by atoms with E-state index in [0.29, 0.717) is 17.7 Å². The lowest BCUT2D eigenvalue weighted by Gasteiger charge is -2.30. The Morgan fingerprint density at radius 3 is 2.95 bits per heavy atom. The maximum absolute atomic E-state index is 5.42. The van der Waals surface area contributed by atoms with Crippen LogP contribution in [0.4, 0.5) is 0 Å². The Kier molecular flexibility index (Phi) is 4.29. The van der Waals surface area contributed by atoms with Crippen molar-refractivity contribution in [3.63, 3.8) is 0 Å². The zero-order valence-corrected chi connectivity index (χ0v) is 13.9. The van der Waals surface area contributed by atoms with Gasteiger partial charge in [-0.25, -0.2) is 4.98 Å². The van der Waals surface area contributed by atoms with Gasteiger partial charge in [-0.1, -0.05) is 19.0 Å². The fraction of sp³-hybridized carbons (Fsp3) is 0.688. The molecular formula is C16H25N5O. The molecule has 22 heavy (non-hydrogen) atoms. The summed E-state index contributed by atoms with van der Waals surface area (Å²) in [5.41, 5.74) is 0. The lowest BCUT2D eigenvalue weighted by Crippen LogP contribution is -2.33. The van der Waals surface area contributed by atoms with Gasteiger partial charge in [0.2, 0.25) is 5.89 Å². The van der Waals surface area contributed by atoms with Gasteiger partial charge in [0, 0.05) is 37.8 Å². The molecule has 0 aliphatic carbocycles. The van der Waals surface area contributed by atoms with Gasteiger partial charge < -0.3 is 9.09 Å². The third-order valence-corrected chi connectivity index (χ3v) is 4.57. The van der Waals surface area contributed by atoms with Gasteiger partial charge in [0.25, 0.3) is 0 Å². The number of nitrogens with zero attached hydrogens (tertiary/aromatic N) is 5. The minimum absolute atomic E-state index is 0.143. The second kappa shape index (κ2) is 6.20. The molecule has 2 aromatic rings. The van der Waals surface area contributed by atoms with Gasteiger partial charge in [0.05, 0.1) is 6.04 Å². The zero-order valence-electron chi connectivity index (χ0n) is 13.9. The summed E-state index contributed by atoms with van der Waals surface area (Å²) in [5.74, 6) is 3.65. The van der Waals surface area contributed by atoms with Crippen LogP contribution < -0.4 is 0 Å². The molecule has 3 rings (SSSR count). The summed E-state index contributed by atoms with van der Waals surface area (Å²) in [6, 6.07) is 0.143. The number of hydrogen-bond donors (Lipinski definition) is 0. The molecule has 2 atom stereocenters. The summed E-state index contributed by atoms with van der Waals surface area (Å²) in [4.78, 5) is 11.2. The van der Waals surface area contributed by atoms with E-state index in [-0.39, 0.29) is 6.04 Å². The van der Waals surface area contributed by atoms with Crippen LogP contribution in [0.2, 0.25) is 0 Å². The first kappa shape index (κ1) is 15.2. The largest absolute Gasteiger partial charge is 0.338 e. The molecule has 6 nitrogen and oxygen atoms in total. The Hall–Kier alpha value is -1.69. The van der Waals surface area contributed by atoms with Crippen molar-refractivity contribution in [1.82, 2.24) is 24.6 Å². The number of fused-ring (bicyclic) bond motifs is 1. The molecular weight excluding hydrogens is 278 g/mol. The van der Waals surface area contributed by atoms with Crippen molar-refractivity contribution < 1.29 is 4.52 Å². The molecule has 0 aromatic carbocycles. The van der Waals surface area contributed by atoms with Crippen LogP contribution in [0.25, 0.3) is 0 Å². The molecule has 1 aliphatic heterocycles. The predicted octanol–water partition coefficient (Wildman–Crippen LogP) is 2.64. The second-order valence-corrected chi connectivity index (χ2v) is 6.66. The molecule has 0 saturated carbocycles. The second-order valence-electron chi connectivity index (χ2n) is 6.66. The SMILES string of the molecule is CC(C)c1noc([C@@H](C)N(C)C[C@H]2CCc3nccn3C2)n1. The normalized spacial score (nSPS) is 19.6. The van der Waals surface area contributed by atoms with Crippen molar-refractivity contribution in [1.29, 1.82) is 0 Å². The Labute approximate surface area is 131 Å². The highest BCUT2D eigenvalue weighted by Crippen LogP contribution is 2.24. The maximum atomic E-state index is 5.42. The van der Waals surface area contributed by atoms with Gasteiger partial charge in [-0.05, 0) is 26.3 Å². The summed E-state index contributed by atoms with van der Waals surface area (Å²) in [6.07, 6.45) is 6.24. The first-order chi connectivity index (χ1) is 10.5. The highest BCUT2D eigenvalue weighted by atomic mass is 16.5. The summed E-state index contributed by atoms with van der Waals surface area (Å²) in [6.45, 7) is 8.36. The molecule has 1 aliphatic rings. The van der Waals surface area contributed by atoms with E-state index in [1.54, 1.807) is 0 Å². The fourth-order valence-corrected chi connectivity index (χ4v) is 2.99. The first-order valence-electron chi connectivity index (χ1n) is 8.08.